The average Bonchev–Trinajstić information content (AvgIpc) is 4.08. The third-order valence-corrected chi connectivity index (χ3v) is 22.8. The summed E-state index contributed by atoms with van der Waals surface area (Å²) >= 11 is 0. The van der Waals surface area contributed by atoms with Crippen molar-refractivity contribution in [1.29, 1.82) is 0 Å². The fourth-order valence-corrected chi connectivity index (χ4v) is 15.9. The van der Waals surface area contributed by atoms with E-state index in [1.165, 1.54) is 135 Å². The molecule has 6 rings (SSSR count). The van der Waals surface area contributed by atoms with Gasteiger partial charge in [-0.05, 0) is 201 Å². The van der Waals surface area contributed by atoms with E-state index in [2.05, 4.69) is 178 Å². The predicted octanol–water partition coefficient (Wildman–Crippen LogP) is 21.2. The highest BCUT2D eigenvalue weighted by Crippen LogP contribution is 2.57. The standard InChI is InChI=1S/C12H25N.2C12H24.C11H22O.C10H20.C9H18/c1-10(2)12(11(3)4)6-8-13(5)9-7-12;2*1-10(2)12(11(3)4)8-6-5-7-9-12;1-9(2)11(10(3)4)5-7-12-8-6-11;1-8(2)10(9(3)4)6-5-7-10;1-7(2)9(5-6-9)8(3)4/h10-11H,6-9H2,1-5H3;2*10-11H,5-9H2,1-4H3;9-10H,5-8H2,1-4H3;8-9H,5-7H2,1-4H3;7-8H,5-6H2,1-4H3. The Morgan fingerprint density at radius 2 is 0.426 bits per heavy atom. The Bertz CT molecular complexity index is 1120. The van der Waals surface area contributed by atoms with Crippen molar-refractivity contribution in [3.05, 3.63) is 0 Å². The van der Waals surface area contributed by atoms with Crippen molar-refractivity contribution >= 4 is 0 Å². The van der Waals surface area contributed by atoms with Crippen LogP contribution >= 0.6 is 0 Å². The minimum Gasteiger partial charge on any atom is -0.381 e. The van der Waals surface area contributed by atoms with E-state index < -0.39 is 0 Å². The molecule has 2 nitrogen and oxygen atoms in total. The Morgan fingerprint density at radius 1 is 0.235 bits per heavy atom. The van der Waals surface area contributed by atoms with Crippen LogP contribution in [-0.2, 0) is 4.74 Å². The third-order valence-electron chi connectivity index (χ3n) is 22.8. The van der Waals surface area contributed by atoms with E-state index in [4.69, 9.17) is 4.74 Å². The molecule has 0 aromatic heterocycles. The number of piperidine rings is 1. The molecule has 0 amide bonds. The Hall–Kier alpha value is -0.0800. The van der Waals surface area contributed by atoms with Gasteiger partial charge in [-0.25, -0.2) is 0 Å². The maximum absolute atomic E-state index is 5.43. The molecule has 0 N–H and O–H groups in total. The van der Waals surface area contributed by atoms with Gasteiger partial charge < -0.3 is 9.64 Å². The van der Waals surface area contributed by atoms with E-state index in [0.717, 1.165) is 95.1 Å². The fraction of sp³-hybridized carbons (Fsp3) is 1.00. The van der Waals surface area contributed by atoms with Gasteiger partial charge in [0.2, 0.25) is 0 Å². The van der Waals surface area contributed by atoms with Crippen LogP contribution in [0.3, 0.4) is 0 Å². The summed E-state index contributed by atoms with van der Waals surface area (Å²) in [5.41, 5.74) is 4.00. The van der Waals surface area contributed by atoms with Gasteiger partial charge in [-0.15, -0.1) is 0 Å². The molecule has 0 radical (unpaired) electrons. The summed E-state index contributed by atoms with van der Waals surface area (Å²) in [6.07, 6.45) is 27.4. The monoisotopic (exact) mass is 956 g/mol. The minimum atomic E-state index is 0.554. The highest BCUT2D eigenvalue weighted by atomic mass is 16.5. The zero-order chi connectivity index (χ0) is 52.5. The first-order chi connectivity index (χ1) is 31.5. The van der Waals surface area contributed by atoms with Gasteiger partial charge in [0, 0.05) is 13.2 Å². The maximum Gasteiger partial charge on any atom is 0.0471 e. The first-order valence-electron chi connectivity index (χ1n) is 30.7. The number of hydrogen-bond donors (Lipinski definition) is 0. The molecule has 0 unspecified atom stereocenters. The summed E-state index contributed by atoms with van der Waals surface area (Å²) in [5, 5.41) is 0. The van der Waals surface area contributed by atoms with Gasteiger partial charge in [0.15, 0.2) is 0 Å². The normalized spacial score (nSPS) is 23.6. The number of likely N-dealkylation sites (tertiary alicyclic amines) is 1. The summed E-state index contributed by atoms with van der Waals surface area (Å²) < 4.78 is 5.43. The van der Waals surface area contributed by atoms with Gasteiger partial charge in [0.05, 0.1) is 0 Å². The van der Waals surface area contributed by atoms with E-state index in [-0.39, 0.29) is 0 Å². The summed E-state index contributed by atoms with van der Waals surface area (Å²) in [7, 11) is 2.24. The van der Waals surface area contributed by atoms with Crippen molar-refractivity contribution < 1.29 is 4.74 Å². The number of hydrogen-bond acceptors (Lipinski definition) is 2. The molecule has 0 spiro atoms. The third kappa shape index (κ3) is 17.2. The maximum atomic E-state index is 5.43. The second-order valence-corrected chi connectivity index (χ2v) is 28.6. The lowest BCUT2D eigenvalue weighted by Crippen LogP contribution is -2.44. The molecule has 0 aromatic rings. The Labute approximate surface area is 432 Å². The van der Waals surface area contributed by atoms with Crippen LogP contribution in [-0.4, -0.2) is 38.3 Å². The van der Waals surface area contributed by atoms with Gasteiger partial charge in [0.1, 0.15) is 0 Å². The van der Waals surface area contributed by atoms with Crippen LogP contribution in [0.1, 0.15) is 288 Å². The predicted molar refractivity (Wildman–Crippen MR) is 309 cm³/mol. The molecule has 4 saturated carbocycles. The molecule has 6 aliphatic rings. The van der Waals surface area contributed by atoms with E-state index >= 15 is 0 Å². The first-order valence-corrected chi connectivity index (χ1v) is 30.7. The molecule has 408 valence electrons. The van der Waals surface area contributed by atoms with Gasteiger partial charge in [0.25, 0.3) is 0 Å². The zero-order valence-corrected chi connectivity index (χ0v) is 52.0. The quantitative estimate of drug-likeness (QED) is 0.193. The molecule has 0 bridgehead atoms. The number of ether oxygens (including phenoxy) is 1. The molecule has 0 aromatic carbocycles. The van der Waals surface area contributed by atoms with E-state index in [1.807, 2.05) is 0 Å². The molecular weight excluding hydrogens is 823 g/mol. The Kier molecular flexibility index (Phi) is 28.8. The molecule has 2 heteroatoms. The topological polar surface area (TPSA) is 12.5 Å². The largest absolute Gasteiger partial charge is 0.381 e. The lowest BCUT2D eigenvalue weighted by molar-refractivity contribution is -0.0381. The van der Waals surface area contributed by atoms with Crippen molar-refractivity contribution in [1.82, 2.24) is 4.90 Å². The summed E-state index contributed by atoms with van der Waals surface area (Å²) in [4.78, 5) is 2.46. The van der Waals surface area contributed by atoms with Crippen molar-refractivity contribution in [3.8, 4) is 0 Å². The van der Waals surface area contributed by atoms with Gasteiger partial charge in [-0.2, -0.15) is 0 Å². The fourth-order valence-electron chi connectivity index (χ4n) is 15.9. The second kappa shape index (κ2) is 29.7. The number of nitrogens with zero attached hydrogens (tertiary/aromatic N) is 1. The Balaban J connectivity index is 0.000000409. The molecule has 4 aliphatic carbocycles. The molecule has 2 heterocycles. The van der Waals surface area contributed by atoms with E-state index in [1.54, 1.807) is 0 Å². The van der Waals surface area contributed by atoms with Crippen molar-refractivity contribution in [2.24, 2.45) is 104 Å². The van der Waals surface area contributed by atoms with E-state index in [9.17, 15) is 0 Å². The highest BCUT2D eigenvalue weighted by molar-refractivity contribution is 4.98. The first kappa shape index (κ1) is 65.9. The lowest BCUT2D eigenvalue weighted by atomic mass is 9.56. The van der Waals surface area contributed by atoms with Crippen LogP contribution in [0, 0.1) is 104 Å². The smallest absolute Gasteiger partial charge is 0.0471 e. The Morgan fingerprint density at radius 3 is 0.574 bits per heavy atom. The molecular formula is C66H133NO. The molecule has 6 fully saturated rings. The molecule has 2 saturated heterocycles. The van der Waals surface area contributed by atoms with Gasteiger partial charge in [-0.3, -0.25) is 0 Å². The number of rotatable bonds is 12. The molecule has 2 aliphatic heterocycles. The minimum absolute atomic E-state index is 0.554. The zero-order valence-electron chi connectivity index (χ0n) is 52.0. The average molecular weight is 957 g/mol. The molecule has 68 heavy (non-hydrogen) atoms. The summed E-state index contributed by atoms with van der Waals surface area (Å²) in [6.45, 7) is 61.7. The van der Waals surface area contributed by atoms with Crippen LogP contribution in [0.25, 0.3) is 0 Å². The lowest BCUT2D eigenvalue weighted by Gasteiger charge is -2.49. The summed E-state index contributed by atoms with van der Waals surface area (Å²) in [6, 6.07) is 0. The van der Waals surface area contributed by atoms with Crippen LogP contribution < -0.4 is 0 Å². The van der Waals surface area contributed by atoms with Gasteiger partial charge >= 0.3 is 0 Å². The highest BCUT2D eigenvalue weighted by Gasteiger charge is 2.47. The second-order valence-electron chi connectivity index (χ2n) is 28.6. The van der Waals surface area contributed by atoms with Crippen molar-refractivity contribution in [2.45, 2.75) is 288 Å². The van der Waals surface area contributed by atoms with Crippen molar-refractivity contribution in [2.75, 3.05) is 33.4 Å². The van der Waals surface area contributed by atoms with E-state index in [0.29, 0.717) is 21.7 Å². The van der Waals surface area contributed by atoms with Crippen LogP contribution in [0.15, 0.2) is 0 Å². The SMILES string of the molecule is CC(C)C1(C(C)C)CC1.CC(C)C1(C(C)C)CCC1.CC(C)C1(C(C)C)CCCCC1.CC(C)C1(C(C)C)CCCCC1.CC(C)C1(C(C)C)CCN(C)CC1.CC(C)C1(C(C)C)CCOCC1. The van der Waals surface area contributed by atoms with Crippen molar-refractivity contribution in [3.63, 3.8) is 0 Å². The van der Waals surface area contributed by atoms with Crippen LogP contribution in [0.5, 0.6) is 0 Å². The van der Waals surface area contributed by atoms with Crippen LogP contribution in [0.4, 0.5) is 0 Å². The molecule has 0 atom stereocenters. The van der Waals surface area contributed by atoms with Crippen LogP contribution in [0.2, 0.25) is 0 Å². The van der Waals surface area contributed by atoms with Gasteiger partial charge in [-0.1, -0.05) is 211 Å². The summed E-state index contributed by atoms with van der Waals surface area (Å²) in [5.74, 6) is 10.3.